The van der Waals surface area contributed by atoms with Crippen molar-refractivity contribution in [3.63, 3.8) is 0 Å². The zero-order valence-electron chi connectivity index (χ0n) is 6.69. The lowest BCUT2D eigenvalue weighted by Crippen LogP contribution is -2.09. The van der Waals surface area contributed by atoms with Crippen LogP contribution < -0.4 is 0 Å². The fourth-order valence-electron chi connectivity index (χ4n) is 0.890. The quantitative estimate of drug-likeness (QED) is 0.569. The van der Waals surface area contributed by atoms with Gasteiger partial charge in [-0.15, -0.1) is 0 Å². The highest BCUT2D eigenvalue weighted by atomic mass is 32.3. The average Bonchev–Trinajstić information content (AvgIpc) is 2.02. The second-order valence-electron chi connectivity index (χ2n) is 2.53. The van der Waals surface area contributed by atoms with E-state index < -0.39 is 10.4 Å². The van der Waals surface area contributed by atoms with Crippen molar-refractivity contribution < 1.29 is 16.2 Å². The second-order valence-corrected chi connectivity index (χ2v) is 4.77. The Labute approximate surface area is 77.2 Å². The summed E-state index contributed by atoms with van der Waals surface area (Å²) in [5.74, 6) is 0.711. The minimum atomic E-state index is -3.72. The highest BCUT2D eigenvalue weighted by Gasteiger charge is 2.13. The van der Waals surface area contributed by atoms with E-state index >= 15 is 0 Å². The molecule has 1 fully saturated rings. The molecule has 0 bridgehead atoms. The SMILES string of the molecule is O=S1(=O)OCCCCCCSO1. The van der Waals surface area contributed by atoms with E-state index in [-0.39, 0.29) is 6.61 Å². The molecule has 1 aliphatic heterocycles. The Balaban J connectivity index is 2.38. The Morgan fingerprint density at radius 1 is 1.08 bits per heavy atom. The average molecular weight is 212 g/mol. The molecular formula is C6H12O4S2. The van der Waals surface area contributed by atoms with Crippen LogP contribution in [-0.2, 0) is 18.2 Å². The van der Waals surface area contributed by atoms with Crippen LogP contribution in [0.25, 0.3) is 0 Å². The highest BCUT2D eigenvalue weighted by Crippen LogP contribution is 2.15. The molecule has 0 saturated carbocycles. The summed E-state index contributed by atoms with van der Waals surface area (Å²) in [6.07, 6.45) is 3.92. The van der Waals surface area contributed by atoms with Crippen LogP contribution in [0.4, 0.5) is 0 Å². The van der Waals surface area contributed by atoms with Crippen molar-refractivity contribution in [3.8, 4) is 0 Å². The zero-order valence-corrected chi connectivity index (χ0v) is 8.33. The van der Waals surface area contributed by atoms with Crippen molar-refractivity contribution in [2.24, 2.45) is 0 Å². The third-order valence-corrected chi connectivity index (χ3v) is 3.44. The van der Waals surface area contributed by atoms with Crippen molar-refractivity contribution >= 4 is 22.4 Å². The van der Waals surface area contributed by atoms with E-state index in [1.54, 1.807) is 0 Å². The number of hydrogen-bond acceptors (Lipinski definition) is 5. The lowest BCUT2D eigenvalue weighted by atomic mass is 10.2. The maximum absolute atomic E-state index is 10.8. The van der Waals surface area contributed by atoms with Gasteiger partial charge in [0.25, 0.3) is 0 Å². The monoisotopic (exact) mass is 212 g/mol. The summed E-state index contributed by atoms with van der Waals surface area (Å²) in [5.41, 5.74) is 0. The summed E-state index contributed by atoms with van der Waals surface area (Å²) in [5, 5.41) is 0. The molecular weight excluding hydrogens is 200 g/mol. The van der Waals surface area contributed by atoms with Crippen molar-refractivity contribution in [3.05, 3.63) is 0 Å². The molecule has 0 amide bonds. The van der Waals surface area contributed by atoms with Gasteiger partial charge in [-0.05, 0) is 12.8 Å². The van der Waals surface area contributed by atoms with E-state index in [0.717, 1.165) is 37.7 Å². The van der Waals surface area contributed by atoms with Gasteiger partial charge < -0.3 is 0 Å². The van der Waals surface area contributed by atoms with E-state index in [1.807, 2.05) is 0 Å². The molecule has 1 heterocycles. The summed E-state index contributed by atoms with van der Waals surface area (Å²) in [7, 11) is -3.72. The van der Waals surface area contributed by atoms with Crippen LogP contribution in [0.3, 0.4) is 0 Å². The van der Waals surface area contributed by atoms with Gasteiger partial charge in [-0.25, -0.2) is 4.18 Å². The van der Waals surface area contributed by atoms with Gasteiger partial charge in [-0.1, -0.05) is 12.8 Å². The van der Waals surface area contributed by atoms with E-state index in [1.165, 1.54) is 0 Å². The summed E-state index contributed by atoms with van der Waals surface area (Å²) in [4.78, 5) is 0. The summed E-state index contributed by atoms with van der Waals surface area (Å²) in [6, 6.07) is 0. The van der Waals surface area contributed by atoms with Gasteiger partial charge in [0.15, 0.2) is 0 Å². The van der Waals surface area contributed by atoms with Gasteiger partial charge in [-0.3, -0.25) is 0 Å². The predicted molar refractivity (Wildman–Crippen MR) is 46.9 cm³/mol. The van der Waals surface area contributed by atoms with Crippen molar-refractivity contribution in [1.29, 1.82) is 0 Å². The topological polar surface area (TPSA) is 52.6 Å². The first-order chi connectivity index (χ1) is 5.71. The summed E-state index contributed by atoms with van der Waals surface area (Å²) < 4.78 is 30.7. The fraction of sp³-hybridized carbons (Fsp3) is 1.00. The highest BCUT2D eigenvalue weighted by molar-refractivity contribution is 8.02. The molecule has 0 aromatic carbocycles. The van der Waals surface area contributed by atoms with Crippen LogP contribution >= 0.6 is 12.0 Å². The van der Waals surface area contributed by atoms with Crippen LogP contribution in [0.2, 0.25) is 0 Å². The van der Waals surface area contributed by atoms with Gasteiger partial charge in [0.05, 0.1) is 6.61 Å². The first-order valence-corrected chi connectivity index (χ1v) is 6.15. The van der Waals surface area contributed by atoms with E-state index in [2.05, 4.69) is 7.81 Å². The van der Waals surface area contributed by atoms with Gasteiger partial charge in [0.2, 0.25) is 0 Å². The van der Waals surface area contributed by atoms with Gasteiger partial charge in [-0.2, -0.15) is 12.0 Å². The smallest absolute Gasteiger partial charge is 0.247 e. The van der Waals surface area contributed by atoms with Gasteiger partial charge in [0.1, 0.15) is 0 Å². The Bertz CT molecular complexity index is 196. The number of rotatable bonds is 0. The number of hydrogen-bond donors (Lipinski definition) is 0. The third-order valence-electron chi connectivity index (χ3n) is 1.48. The first-order valence-electron chi connectivity index (χ1n) is 3.91. The Morgan fingerprint density at radius 3 is 2.67 bits per heavy atom. The molecule has 6 heteroatoms. The summed E-state index contributed by atoms with van der Waals surface area (Å²) in [6.45, 7) is 0.239. The molecule has 0 atom stereocenters. The molecule has 1 aliphatic rings. The molecule has 0 N–H and O–H groups in total. The van der Waals surface area contributed by atoms with Gasteiger partial charge >= 0.3 is 10.4 Å². The largest absolute Gasteiger partial charge is 0.410 e. The molecule has 0 radical (unpaired) electrons. The van der Waals surface area contributed by atoms with E-state index in [0.29, 0.717) is 5.75 Å². The maximum Gasteiger partial charge on any atom is 0.410 e. The molecule has 72 valence electrons. The van der Waals surface area contributed by atoms with E-state index in [9.17, 15) is 8.42 Å². The zero-order chi connectivity index (χ0) is 8.86. The lowest BCUT2D eigenvalue weighted by molar-refractivity contribution is 0.272. The molecule has 0 aromatic rings. The molecule has 0 aromatic heterocycles. The maximum atomic E-state index is 10.8. The molecule has 1 saturated heterocycles. The van der Waals surface area contributed by atoms with Crippen LogP contribution in [-0.4, -0.2) is 20.8 Å². The summed E-state index contributed by atoms with van der Waals surface area (Å²) >= 11 is 0.946. The molecule has 0 spiro atoms. The molecule has 1 rings (SSSR count). The Hall–Kier alpha value is 0.220. The van der Waals surface area contributed by atoms with Crippen molar-refractivity contribution in [1.82, 2.24) is 0 Å². The lowest BCUT2D eigenvalue weighted by Gasteiger charge is -2.07. The van der Waals surface area contributed by atoms with Crippen LogP contribution in [0.15, 0.2) is 0 Å². The second kappa shape index (κ2) is 5.06. The minimum absolute atomic E-state index is 0.239. The predicted octanol–water partition coefficient (Wildman–Crippen LogP) is 1.49. The van der Waals surface area contributed by atoms with Crippen LogP contribution in [0.5, 0.6) is 0 Å². The fourth-order valence-corrected chi connectivity index (χ4v) is 2.43. The van der Waals surface area contributed by atoms with Gasteiger partial charge in [0, 0.05) is 17.8 Å². The molecule has 12 heavy (non-hydrogen) atoms. The Morgan fingerprint density at radius 2 is 1.83 bits per heavy atom. The Kier molecular flexibility index (Phi) is 4.34. The standard InChI is InChI=1S/C6H12O4S2/c7-12(8)9-5-3-1-2-4-6-11-10-12/h1-6H2. The third kappa shape index (κ3) is 4.30. The van der Waals surface area contributed by atoms with Crippen LogP contribution in [0, 0.1) is 0 Å². The molecule has 0 aliphatic carbocycles. The van der Waals surface area contributed by atoms with Crippen molar-refractivity contribution in [2.45, 2.75) is 25.7 Å². The van der Waals surface area contributed by atoms with E-state index in [4.69, 9.17) is 0 Å². The molecule has 4 nitrogen and oxygen atoms in total. The molecule has 0 unspecified atom stereocenters. The van der Waals surface area contributed by atoms with Crippen LogP contribution in [0.1, 0.15) is 25.7 Å². The first kappa shape index (κ1) is 10.3. The normalized spacial score (nSPS) is 26.3. The minimum Gasteiger partial charge on any atom is -0.247 e. The van der Waals surface area contributed by atoms with Crippen molar-refractivity contribution in [2.75, 3.05) is 12.4 Å².